The van der Waals surface area contributed by atoms with Gasteiger partial charge in [0.2, 0.25) is 0 Å². The van der Waals surface area contributed by atoms with E-state index in [1.807, 2.05) is 11.4 Å². The highest BCUT2D eigenvalue weighted by Gasteiger charge is 2.36. The number of likely N-dealkylation sites (N-methyl/N-ethyl adjacent to an activating group) is 1. The van der Waals surface area contributed by atoms with Crippen LogP contribution in [0.5, 0.6) is 5.75 Å². The molecule has 0 saturated carbocycles. The molecule has 0 saturated heterocycles. The first kappa shape index (κ1) is 17.9. The maximum atomic E-state index is 13.6. The lowest BCUT2D eigenvalue weighted by atomic mass is 10.1. The van der Waals surface area contributed by atoms with Gasteiger partial charge in [-0.25, -0.2) is 8.70 Å². The fraction of sp³-hybridized carbons (Fsp3) is 0.294. The van der Waals surface area contributed by atoms with Crippen LogP contribution in [-0.4, -0.2) is 31.6 Å². The predicted octanol–water partition coefficient (Wildman–Crippen LogP) is 4.94. The summed E-state index contributed by atoms with van der Waals surface area (Å²) in [6.07, 6.45) is -4.54. The van der Waals surface area contributed by atoms with Gasteiger partial charge in [-0.2, -0.15) is 13.2 Å². The summed E-state index contributed by atoms with van der Waals surface area (Å²) in [7, 11) is 3.07. The van der Waals surface area contributed by atoms with Crippen molar-refractivity contribution in [3.05, 3.63) is 47.8 Å². The van der Waals surface area contributed by atoms with E-state index in [-0.39, 0.29) is 5.75 Å². The van der Waals surface area contributed by atoms with Crippen LogP contribution in [0.3, 0.4) is 0 Å². The Kier molecular flexibility index (Phi) is 4.83. The highest BCUT2D eigenvalue weighted by Crippen LogP contribution is 2.46. The number of methoxy groups -OCH3 is 1. The molecule has 0 radical (unpaired) electrons. The zero-order chi connectivity index (χ0) is 18.2. The van der Waals surface area contributed by atoms with E-state index in [0.29, 0.717) is 29.4 Å². The van der Waals surface area contributed by atoms with Crippen molar-refractivity contribution in [1.82, 2.24) is 4.31 Å². The molecule has 1 aliphatic heterocycles. The van der Waals surface area contributed by atoms with Crippen LogP contribution in [0.15, 0.2) is 41.3 Å². The molecule has 0 atom stereocenters. The van der Waals surface area contributed by atoms with Crippen molar-refractivity contribution in [3.8, 4) is 5.75 Å². The Hall–Kier alpha value is -1.93. The van der Waals surface area contributed by atoms with E-state index < -0.39 is 17.6 Å². The molecule has 0 aromatic heterocycles. The fourth-order valence-corrected chi connectivity index (χ4v) is 3.64. The summed E-state index contributed by atoms with van der Waals surface area (Å²) in [5.41, 5.74) is 0.0452. The van der Waals surface area contributed by atoms with Gasteiger partial charge in [-0.3, -0.25) is 0 Å². The van der Waals surface area contributed by atoms with Crippen LogP contribution < -0.4 is 9.64 Å². The number of nitrogens with zero attached hydrogens (tertiary/aromatic N) is 2. The third-order valence-electron chi connectivity index (χ3n) is 3.89. The lowest BCUT2D eigenvalue weighted by Crippen LogP contribution is -2.25. The molecule has 0 N–H and O–H groups in total. The van der Waals surface area contributed by atoms with E-state index in [9.17, 15) is 17.6 Å². The molecular weight excluding hydrogens is 356 g/mol. The summed E-state index contributed by atoms with van der Waals surface area (Å²) in [5, 5.41) is 0. The molecule has 0 amide bonds. The van der Waals surface area contributed by atoms with Crippen LogP contribution in [0.1, 0.15) is 5.56 Å². The first-order valence-corrected chi connectivity index (χ1v) is 8.28. The molecule has 8 heteroatoms. The van der Waals surface area contributed by atoms with Crippen molar-refractivity contribution in [2.24, 2.45) is 0 Å². The summed E-state index contributed by atoms with van der Waals surface area (Å²) in [6.45, 7) is 1.03. The fourth-order valence-electron chi connectivity index (χ4n) is 2.71. The Balaban J connectivity index is 2.19. The quantitative estimate of drug-likeness (QED) is 0.548. The van der Waals surface area contributed by atoms with E-state index in [2.05, 4.69) is 0 Å². The van der Waals surface area contributed by atoms with Crippen molar-refractivity contribution in [1.29, 1.82) is 0 Å². The molecule has 0 aliphatic carbocycles. The summed E-state index contributed by atoms with van der Waals surface area (Å²) >= 11 is 1.33. The van der Waals surface area contributed by atoms with Gasteiger partial charge in [0.1, 0.15) is 11.6 Å². The predicted molar refractivity (Wildman–Crippen MR) is 89.9 cm³/mol. The zero-order valence-corrected chi connectivity index (χ0v) is 14.4. The zero-order valence-electron chi connectivity index (χ0n) is 13.6. The number of hydrogen-bond donors (Lipinski definition) is 0. The van der Waals surface area contributed by atoms with Gasteiger partial charge in [-0.1, -0.05) is 6.07 Å². The Morgan fingerprint density at radius 2 is 1.88 bits per heavy atom. The van der Waals surface area contributed by atoms with Gasteiger partial charge in [0, 0.05) is 18.8 Å². The average molecular weight is 372 g/mol. The molecule has 0 spiro atoms. The molecule has 0 fully saturated rings. The molecule has 1 aliphatic rings. The van der Waals surface area contributed by atoms with E-state index in [0.717, 1.165) is 6.07 Å². The van der Waals surface area contributed by atoms with Gasteiger partial charge in [0.05, 0.1) is 23.3 Å². The van der Waals surface area contributed by atoms with Crippen LogP contribution in [-0.2, 0) is 6.18 Å². The van der Waals surface area contributed by atoms with Gasteiger partial charge < -0.3 is 9.64 Å². The van der Waals surface area contributed by atoms with Crippen molar-refractivity contribution < 1.29 is 22.3 Å². The van der Waals surface area contributed by atoms with Gasteiger partial charge in [-0.15, -0.1) is 0 Å². The number of anilines is 2. The minimum atomic E-state index is -4.54. The summed E-state index contributed by atoms with van der Waals surface area (Å²) < 4.78 is 60.7. The Labute approximate surface area is 147 Å². The lowest BCUT2D eigenvalue weighted by Gasteiger charge is -2.26. The maximum absolute atomic E-state index is 13.6. The topological polar surface area (TPSA) is 15.7 Å². The van der Waals surface area contributed by atoms with Crippen molar-refractivity contribution >= 4 is 23.3 Å². The third-order valence-corrected chi connectivity index (χ3v) is 4.91. The summed E-state index contributed by atoms with van der Waals surface area (Å²) in [5.74, 6) is -0.665. The lowest BCUT2D eigenvalue weighted by molar-refractivity contribution is -0.138. The molecule has 134 valence electrons. The number of halogens is 4. The molecule has 3 rings (SSSR count). The van der Waals surface area contributed by atoms with E-state index in [4.69, 9.17) is 4.74 Å². The molecule has 2 aromatic rings. The minimum Gasteiger partial charge on any atom is -0.496 e. The average Bonchev–Trinajstić information content (AvgIpc) is 2.70. The molecular formula is C17H16F4N2OS. The van der Waals surface area contributed by atoms with Crippen molar-refractivity contribution in [2.75, 3.05) is 32.1 Å². The van der Waals surface area contributed by atoms with Crippen LogP contribution >= 0.6 is 11.9 Å². The normalized spacial score (nSPS) is 15.7. The highest BCUT2D eigenvalue weighted by molar-refractivity contribution is 7.97. The maximum Gasteiger partial charge on any atom is 0.420 e. The van der Waals surface area contributed by atoms with Gasteiger partial charge in [-0.05, 0) is 49.3 Å². The molecule has 2 aromatic carbocycles. The number of alkyl halides is 3. The minimum absolute atomic E-state index is 0.228. The molecule has 0 bridgehead atoms. The van der Waals surface area contributed by atoms with Gasteiger partial charge in [0.15, 0.2) is 0 Å². The van der Waals surface area contributed by atoms with Crippen molar-refractivity contribution in [2.45, 2.75) is 11.1 Å². The summed E-state index contributed by atoms with van der Waals surface area (Å²) in [4.78, 5) is 2.32. The highest BCUT2D eigenvalue weighted by atomic mass is 32.2. The first-order chi connectivity index (χ1) is 11.8. The molecule has 25 heavy (non-hydrogen) atoms. The van der Waals surface area contributed by atoms with E-state index >= 15 is 0 Å². The monoisotopic (exact) mass is 372 g/mol. The van der Waals surface area contributed by atoms with Crippen LogP contribution in [0, 0.1) is 5.82 Å². The number of fused-ring (bicyclic) bond motifs is 1. The first-order valence-electron chi connectivity index (χ1n) is 7.51. The van der Waals surface area contributed by atoms with Crippen molar-refractivity contribution in [3.63, 3.8) is 0 Å². The third kappa shape index (κ3) is 3.69. The number of benzene rings is 2. The second-order valence-electron chi connectivity index (χ2n) is 5.59. The second kappa shape index (κ2) is 6.76. The van der Waals surface area contributed by atoms with Crippen LogP contribution in [0.25, 0.3) is 0 Å². The van der Waals surface area contributed by atoms with Crippen LogP contribution in [0.2, 0.25) is 0 Å². The van der Waals surface area contributed by atoms with Crippen LogP contribution in [0.4, 0.5) is 28.9 Å². The SMILES string of the molecule is COc1cc2c(cc1C(F)(F)F)N(c1cccc(F)c1)CCN(C)S2. The number of ether oxygens (including phenoxy) is 1. The molecule has 0 unspecified atom stereocenters. The number of hydrogen-bond acceptors (Lipinski definition) is 4. The molecule has 1 heterocycles. The second-order valence-corrected chi connectivity index (χ2v) is 6.84. The summed E-state index contributed by atoms with van der Waals surface area (Å²) in [6, 6.07) is 8.30. The van der Waals surface area contributed by atoms with Gasteiger partial charge >= 0.3 is 6.18 Å². The largest absolute Gasteiger partial charge is 0.496 e. The molecule has 3 nitrogen and oxygen atoms in total. The Morgan fingerprint density at radius 1 is 1.12 bits per heavy atom. The van der Waals surface area contributed by atoms with E-state index in [1.165, 1.54) is 37.3 Å². The van der Waals surface area contributed by atoms with Gasteiger partial charge in [0.25, 0.3) is 0 Å². The Morgan fingerprint density at radius 3 is 2.52 bits per heavy atom. The number of rotatable bonds is 2. The smallest absolute Gasteiger partial charge is 0.420 e. The standard InChI is InChI=1S/C17H16F4N2OS/c1-22-6-7-23(12-5-3-4-11(18)8-12)14-9-13(17(19,20)21)15(24-2)10-16(14)25-22/h3-5,8-10H,6-7H2,1-2H3. The van der Waals surface area contributed by atoms with E-state index in [1.54, 1.807) is 17.0 Å². The Bertz CT molecular complexity index is 782.